The summed E-state index contributed by atoms with van der Waals surface area (Å²) in [4.78, 5) is 25.3. The third-order valence-electron chi connectivity index (χ3n) is 9.90. The summed E-state index contributed by atoms with van der Waals surface area (Å²) in [5.41, 5.74) is 8.96. The van der Waals surface area contributed by atoms with Gasteiger partial charge >= 0.3 is 0 Å². The first-order chi connectivity index (χ1) is 20.4. The first-order valence-corrected chi connectivity index (χ1v) is 15.4. The molecule has 8 rings (SSSR count). The molecule has 0 bridgehead atoms. The average Bonchev–Trinajstić information content (AvgIpc) is 3.02. The molecule has 0 aliphatic carbocycles. The molecule has 2 fully saturated rings. The van der Waals surface area contributed by atoms with Gasteiger partial charge in [-0.3, -0.25) is 0 Å². The fourth-order valence-electron chi connectivity index (χ4n) is 7.05. The SMILES string of the molecule is CN1CCN(c2ccc3c(c2)c2cc(N4CCN(C)CC4)ccc2c2nc4cc5c(cc4nc32)N(C)CCN5C)CC1. The predicted octanol–water partition coefficient (Wildman–Crippen LogP) is 4.48. The molecule has 1 aromatic heterocycles. The van der Waals surface area contributed by atoms with Gasteiger partial charge in [-0.25, -0.2) is 9.97 Å². The molecule has 0 spiro atoms. The molecule has 4 aromatic carbocycles. The maximum Gasteiger partial charge on any atom is 0.0979 e. The van der Waals surface area contributed by atoms with E-state index in [2.05, 4.69) is 106 Å². The van der Waals surface area contributed by atoms with Crippen LogP contribution in [0.25, 0.3) is 43.6 Å². The lowest BCUT2D eigenvalue weighted by molar-refractivity contribution is 0.313. The molecule has 5 aromatic rings. The molecule has 0 atom stereocenters. The van der Waals surface area contributed by atoms with Crippen LogP contribution in [0.2, 0.25) is 0 Å². The Morgan fingerprint density at radius 2 is 0.857 bits per heavy atom. The van der Waals surface area contributed by atoms with Gasteiger partial charge in [0.25, 0.3) is 0 Å². The molecule has 3 aliphatic rings. The van der Waals surface area contributed by atoms with E-state index in [1.807, 2.05) is 0 Å². The Labute approximate surface area is 247 Å². The molecule has 42 heavy (non-hydrogen) atoms. The Balaban J connectivity index is 1.37. The van der Waals surface area contributed by atoms with Crippen LogP contribution in [0.15, 0.2) is 48.5 Å². The van der Waals surface area contributed by atoms with Gasteiger partial charge in [0.2, 0.25) is 0 Å². The van der Waals surface area contributed by atoms with Crippen molar-refractivity contribution in [1.29, 1.82) is 0 Å². The van der Waals surface area contributed by atoms with E-state index in [9.17, 15) is 0 Å². The molecule has 2 saturated heterocycles. The van der Waals surface area contributed by atoms with Crippen LogP contribution in [-0.2, 0) is 0 Å². The second kappa shape index (κ2) is 9.85. The minimum absolute atomic E-state index is 0.959. The van der Waals surface area contributed by atoms with Crippen LogP contribution in [0.5, 0.6) is 0 Å². The molecule has 0 amide bonds. The minimum atomic E-state index is 0.959. The molecule has 0 saturated carbocycles. The standard InChI is InChI=1S/C34H40N8/c1-37-9-15-41(16-10-37)23-5-7-25-27(19-23)28-20-24(42-17-11-38(2)12-18-42)6-8-26(28)34-33(25)35-29-21-31-32(22-30(29)36-34)40(4)14-13-39(31)3/h5-8,19-22H,9-18H2,1-4H3. The summed E-state index contributed by atoms with van der Waals surface area (Å²) in [6.45, 7) is 10.6. The summed E-state index contributed by atoms with van der Waals surface area (Å²) in [6.07, 6.45) is 0. The molecule has 8 nitrogen and oxygen atoms in total. The van der Waals surface area contributed by atoms with Gasteiger partial charge < -0.3 is 29.4 Å². The maximum atomic E-state index is 5.35. The quantitative estimate of drug-likeness (QED) is 0.231. The summed E-state index contributed by atoms with van der Waals surface area (Å²) < 4.78 is 0. The average molecular weight is 561 g/mol. The van der Waals surface area contributed by atoms with E-state index in [1.54, 1.807) is 0 Å². The van der Waals surface area contributed by atoms with Crippen LogP contribution in [0.4, 0.5) is 22.7 Å². The number of hydrogen-bond donors (Lipinski definition) is 0. The van der Waals surface area contributed by atoms with Crippen molar-refractivity contribution in [2.24, 2.45) is 0 Å². The number of hydrogen-bond acceptors (Lipinski definition) is 8. The number of aromatic nitrogens is 2. The van der Waals surface area contributed by atoms with Gasteiger partial charge in [-0.15, -0.1) is 0 Å². The second-order valence-electron chi connectivity index (χ2n) is 12.6. The van der Waals surface area contributed by atoms with E-state index in [-0.39, 0.29) is 0 Å². The zero-order valence-corrected chi connectivity index (χ0v) is 25.3. The van der Waals surface area contributed by atoms with E-state index in [0.717, 1.165) is 87.5 Å². The maximum absolute atomic E-state index is 5.35. The van der Waals surface area contributed by atoms with Crippen molar-refractivity contribution in [1.82, 2.24) is 19.8 Å². The summed E-state index contributed by atoms with van der Waals surface area (Å²) >= 11 is 0. The molecular formula is C34H40N8. The Kier molecular flexibility index (Phi) is 6.05. The van der Waals surface area contributed by atoms with Crippen molar-refractivity contribution in [3.05, 3.63) is 48.5 Å². The van der Waals surface area contributed by atoms with E-state index < -0.39 is 0 Å². The van der Waals surface area contributed by atoms with Gasteiger partial charge in [0.1, 0.15) is 0 Å². The number of piperazine rings is 2. The smallest absolute Gasteiger partial charge is 0.0979 e. The third kappa shape index (κ3) is 4.19. The summed E-state index contributed by atoms with van der Waals surface area (Å²) in [6, 6.07) is 18.5. The third-order valence-corrected chi connectivity index (χ3v) is 9.90. The van der Waals surface area contributed by atoms with Crippen molar-refractivity contribution in [2.45, 2.75) is 0 Å². The second-order valence-corrected chi connectivity index (χ2v) is 12.6. The van der Waals surface area contributed by atoms with E-state index >= 15 is 0 Å². The predicted molar refractivity (Wildman–Crippen MR) is 178 cm³/mol. The molecule has 0 unspecified atom stereocenters. The highest BCUT2D eigenvalue weighted by molar-refractivity contribution is 6.25. The highest BCUT2D eigenvalue weighted by atomic mass is 15.3. The molecule has 4 heterocycles. The minimum Gasteiger partial charge on any atom is -0.371 e. The Morgan fingerprint density at radius 1 is 0.452 bits per heavy atom. The fourth-order valence-corrected chi connectivity index (χ4v) is 7.05. The van der Waals surface area contributed by atoms with E-state index in [4.69, 9.17) is 9.97 Å². The van der Waals surface area contributed by atoms with Gasteiger partial charge in [0.15, 0.2) is 0 Å². The van der Waals surface area contributed by atoms with Gasteiger partial charge in [0, 0.05) is 102 Å². The Bertz CT molecular complexity index is 1700. The normalized spacial score (nSPS) is 19.0. The van der Waals surface area contributed by atoms with Crippen LogP contribution in [-0.4, -0.2) is 113 Å². The Hall–Kier alpha value is -3.88. The van der Waals surface area contributed by atoms with Crippen LogP contribution >= 0.6 is 0 Å². The van der Waals surface area contributed by atoms with Crippen LogP contribution in [0, 0.1) is 0 Å². The zero-order valence-electron chi connectivity index (χ0n) is 25.3. The number of likely N-dealkylation sites (N-methyl/N-ethyl adjacent to an activating group) is 4. The van der Waals surface area contributed by atoms with Gasteiger partial charge in [0.05, 0.1) is 33.4 Å². The van der Waals surface area contributed by atoms with Crippen molar-refractivity contribution in [2.75, 3.05) is 113 Å². The van der Waals surface area contributed by atoms with Crippen LogP contribution in [0.1, 0.15) is 0 Å². The number of benzene rings is 4. The summed E-state index contributed by atoms with van der Waals surface area (Å²) in [5, 5.41) is 4.91. The monoisotopic (exact) mass is 560 g/mol. The lowest BCUT2D eigenvalue weighted by Gasteiger charge is -2.35. The highest BCUT2D eigenvalue weighted by Crippen LogP contribution is 2.40. The molecule has 3 aliphatic heterocycles. The van der Waals surface area contributed by atoms with Gasteiger partial charge in [-0.2, -0.15) is 0 Å². The van der Waals surface area contributed by atoms with Crippen molar-refractivity contribution >= 4 is 66.4 Å². The largest absolute Gasteiger partial charge is 0.371 e. The number of fused-ring (bicyclic) bond motifs is 8. The molecule has 216 valence electrons. The summed E-state index contributed by atoms with van der Waals surface area (Å²) in [7, 11) is 8.78. The van der Waals surface area contributed by atoms with Gasteiger partial charge in [-0.05, 0) is 61.3 Å². The van der Waals surface area contributed by atoms with Crippen LogP contribution < -0.4 is 19.6 Å². The Morgan fingerprint density at radius 3 is 1.26 bits per heavy atom. The van der Waals surface area contributed by atoms with Crippen LogP contribution in [0.3, 0.4) is 0 Å². The van der Waals surface area contributed by atoms with Gasteiger partial charge in [-0.1, -0.05) is 12.1 Å². The number of rotatable bonds is 2. The number of nitrogens with zero attached hydrogens (tertiary/aromatic N) is 8. The molecule has 0 N–H and O–H groups in total. The fraction of sp³-hybridized carbons (Fsp3) is 0.412. The van der Waals surface area contributed by atoms with E-state index in [0.29, 0.717) is 0 Å². The first kappa shape index (κ1) is 25.8. The molecule has 8 heteroatoms. The summed E-state index contributed by atoms with van der Waals surface area (Å²) in [5.74, 6) is 0. The highest BCUT2D eigenvalue weighted by Gasteiger charge is 2.22. The lowest BCUT2D eigenvalue weighted by Crippen LogP contribution is -2.44. The van der Waals surface area contributed by atoms with Crippen molar-refractivity contribution in [3.8, 4) is 0 Å². The first-order valence-electron chi connectivity index (χ1n) is 15.4. The van der Waals surface area contributed by atoms with Crippen molar-refractivity contribution in [3.63, 3.8) is 0 Å². The molecule has 0 radical (unpaired) electrons. The topological polar surface area (TPSA) is 45.2 Å². The zero-order chi connectivity index (χ0) is 28.5. The van der Waals surface area contributed by atoms with E-state index in [1.165, 1.54) is 44.3 Å². The lowest BCUT2D eigenvalue weighted by atomic mass is 9.97. The van der Waals surface area contributed by atoms with Crippen molar-refractivity contribution < 1.29 is 0 Å². The molecular weight excluding hydrogens is 520 g/mol. The number of anilines is 4.